The quantitative estimate of drug-likeness (QED) is 0.835. The lowest BCUT2D eigenvalue weighted by atomic mass is 9.91. The molecule has 0 aromatic heterocycles. The fourth-order valence-corrected chi connectivity index (χ4v) is 2.94. The van der Waals surface area contributed by atoms with E-state index in [2.05, 4.69) is 37.5 Å². The highest BCUT2D eigenvalue weighted by Gasteiger charge is 2.25. The number of hydrogen-bond donors (Lipinski definition) is 2. The van der Waals surface area contributed by atoms with Crippen molar-refractivity contribution < 1.29 is 4.79 Å². The van der Waals surface area contributed by atoms with E-state index in [4.69, 9.17) is 11.6 Å². The Balaban J connectivity index is 2.33. The van der Waals surface area contributed by atoms with Crippen LogP contribution in [-0.2, 0) is 11.2 Å². The number of rotatable bonds is 6. The van der Waals surface area contributed by atoms with E-state index in [-0.39, 0.29) is 11.9 Å². The van der Waals surface area contributed by atoms with Gasteiger partial charge in [0.1, 0.15) is 0 Å². The van der Waals surface area contributed by atoms with Crippen LogP contribution in [0.5, 0.6) is 0 Å². The molecule has 1 aliphatic rings. The first kappa shape index (κ1) is 15.3. The minimum Gasteiger partial charge on any atom is -0.325 e. The van der Waals surface area contributed by atoms with Crippen LogP contribution in [-0.4, -0.2) is 12.5 Å². The number of amides is 1. The van der Waals surface area contributed by atoms with Crippen molar-refractivity contribution in [3.8, 4) is 0 Å². The summed E-state index contributed by atoms with van der Waals surface area (Å²) in [6.07, 6.45) is 2.64. The average Bonchev–Trinajstić information content (AvgIpc) is 2.77. The highest BCUT2D eigenvalue weighted by molar-refractivity contribution is 6.32. The summed E-state index contributed by atoms with van der Waals surface area (Å²) in [6, 6.07) is 4.23. The van der Waals surface area contributed by atoms with Gasteiger partial charge in [0, 0.05) is 16.8 Å². The van der Waals surface area contributed by atoms with Crippen molar-refractivity contribution >= 4 is 23.2 Å². The molecule has 0 aliphatic carbocycles. The summed E-state index contributed by atoms with van der Waals surface area (Å²) in [4.78, 5) is 11.5. The number of halogens is 1. The van der Waals surface area contributed by atoms with Gasteiger partial charge in [0.2, 0.25) is 5.91 Å². The zero-order chi connectivity index (χ0) is 14.7. The molecule has 3 nitrogen and oxygen atoms in total. The van der Waals surface area contributed by atoms with Crippen LogP contribution < -0.4 is 10.6 Å². The second-order valence-corrected chi connectivity index (χ2v) is 5.98. The maximum Gasteiger partial charge on any atom is 0.228 e. The van der Waals surface area contributed by atoms with Crippen LogP contribution in [0.15, 0.2) is 12.1 Å². The Morgan fingerprint density at radius 1 is 1.40 bits per heavy atom. The van der Waals surface area contributed by atoms with Crippen LogP contribution in [0.25, 0.3) is 0 Å². The third-order valence-corrected chi connectivity index (χ3v) is 4.34. The summed E-state index contributed by atoms with van der Waals surface area (Å²) in [5.41, 5.74) is 3.04. The Kier molecular flexibility index (Phi) is 5.06. The Morgan fingerprint density at radius 2 is 2.15 bits per heavy atom. The number of hydrogen-bond acceptors (Lipinski definition) is 2. The molecule has 110 valence electrons. The molecule has 1 aromatic carbocycles. The normalized spacial score (nSPS) is 16.7. The van der Waals surface area contributed by atoms with Gasteiger partial charge in [0.25, 0.3) is 0 Å². The van der Waals surface area contributed by atoms with Gasteiger partial charge in [-0.1, -0.05) is 44.9 Å². The van der Waals surface area contributed by atoms with E-state index in [0.717, 1.165) is 41.2 Å². The van der Waals surface area contributed by atoms with Gasteiger partial charge >= 0.3 is 0 Å². The van der Waals surface area contributed by atoms with E-state index in [0.29, 0.717) is 12.3 Å². The monoisotopic (exact) mass is 294 g/mol. The summed E-state index contributed by atoms with van der Waals surface area (Å²) < 4.78 is 0. The maximum atomic E-state index is 11.5. The van der Waals surface area contributed by atoms with Crippen LogP contribution in [0.3, 0.4) is 0 Å². The maximum absolute atomic E-state index is 11.5. The topological polar surface area (TPSA) is 41.1 Å². The lowest BCUT2D eigenvalue weighted by molar-refractivity contribution is -0.115. The predicted molar refractivity (Wildman–Crippen MR) is 84.3 cm³/mol. The summed E-state index contributed by atoms with van der Waals surface area (Å²) in [5, 5.41) is 7.17. The van der Waals surface area contributed by atoms with E-state index in [1.165, 1.54) is 0 Å². The number of anilines is 1. The van der Waals surface area contributed by atoms with E-state index in [1.807, 2.05) is 6.07 Å². The molecule has 4 heteroatoms. The molecule has 2 rings (SSSR count). The molecule has 0 saturated carbocycles. The molecule has 20 heavy (non-hydrogen) atoms. The zero-order valence-electron chi connectivity index (χ0n) is 12.4. The zero-order valence-corrected chi connectivity index (χ0v) is 13.2. The first-order valence-corrected chi connectivity index (χ1v) is 7.80. The van der Waals surface area contributed by atoms with Crippen molar-refractivity contribution in [3.05, 3.63) is 28.3 Å². The van der Waals surface area contributed by atoms with Gasteiger partial charge in [0.15, 0.2) is 0 Å². The fourth-order valence-electron chi connectivity index (χ4n) is 2.66. The second-order valence-electron chi connectivity index (χ2n) is 5.57. The van der Waals surface area contributed by atoms with E-state index >= 15 is 0 Å². The van der Waals surface area contributed by atoms with Gasteiger partial charge in [-0.2, -0.15) is 0 Å². The average molecular weight is 295 g/mol. The van der Waals surface area contributed by atoms with Crippen LogP contribution >= 0.6 is 11.6 Å². The number of nitrogens with one attached hydrogen (secondary N) is 2. The number of carbonyl (C=O) groups is 1. The molecule has 1 aliphatic heterocycles. The third-order valence-electron chi connectivity index (χ3n) is 4.01. The molecule has 1 heterocycles. The Labute approximate surface area is 126 Å². The molecule has 0 radical (unpaired) electrons. The van der Waals surface area contributed by atoms with Gasteiger partial charge < -0.3 is 10.6 Å². The lowest BCUT2D eigenvalue weighted by Gasteiger charge is -2.26. The minimum absolute atomic E-state index is 0.0508. The first-order valence-electron chi connectivity index (χ1n) is 7.42. The molecular weight excluding hydrogens is 272 g/mol. The molecule has 0 bridgehead atoms. The van der Waals surface area contributed by atoms with Crippen molar-refractivity contribution in [2.75, 3.05) is 11.9 Å². The molecule has 1 amide bonds. The Hall–Kier alpha value is -1.06. The minimum atomic E-state index is 0.0508. The molecule has 2 atom stereocenters. The van der Waals surface area contributed by atoms with Gasteiger partial charge in [-0.05, 0) is 36.1 Å². The molecule has 2 N–H and O–H groups in total. The molecule has 1 aromatic rings. The van der Waals surface area contributed by atoms with Crippen LogP contribution in [0.2, 0.25) is 5.02 Å². The third kappa shape index (κ3) is 3.15. The van der Waals surface area contributed by atoms with Crippen molar-refractivity contribution in [2.24, 2.45) is 5.92 Å². The van der Waals surface area contributed by atoms with Gasteiger partial charge in [-0.3, -0.25) is 4.79 Å². The van der Waals surface area contributed by atoms with E-state index < -0.39 is 0 Å². The summed E-state index contributed by atoms with van der Waals surface area (Å²) >= 11 is 6.44. The smallest absolute Gasteiger partial charge is 0.228 e. The van der Waals surface area contributed by atoms with Crippen LogP contribution in [0.1, 0.15) is 50.8 Å². The fraction of sp³-hybridized carbons (Fsp3) is 0.562. The molecule has 2 unspecified atom stereocenters. The largest absolute Gasteiger partial charge is 0.325 e. The summed E-state index contributed by atoms with van der Waals surface area (Å²) in [5.74, 6) is 0.553. The van der Waals surface area contributed by atoms with Crippen molar-refractivity contribution in [1.82, 2.24) is 5.32 Å². The first-order chi connectivity index (χ1) is 9.56. The standard InChI is InChI=1S/C16H23ClN2O/c1-4-6-18-16(10(3)5-2)12-7-11-8-15(20)19-14(11)9-13(12)17/h7,9-10,16,18H,4-6,8H2,1-3H3,(H,19,20). The number of benzene rings is 1. The van der Waals surface area contributed by atoms with E-state index in [9.17, 15) is 4.79 Å². The van der Waals surface area contributed by atoms with Crippen molar-refractivity contribution in [2.45, 2.75) is 46.1 Å². The van der Waals surface area contributed by atoms with Crippen molar-refractivity contribution in [1.29, 1.82) is 0 Å². The SMILES string of the molecule is CCCNC(c1cc2c(cc1Cl)NC(=O)C2)C(C)CC. The second kappa shape index (κ2) is 6.59. The van der Waals surface area contributed by atoms with Crippen molar-refractivity contribution in [3.63, 3.8) is 0 Å². The molecular formula is C16H23ClN2O. The Bertz CT molecular complexity index is 501. The van der Waals surface area contributed by atoms with Gasteiger partial charge in [-0.25, -0.2) is 0 Å². The van der Waals surface area contributed by atoms with Crippen LogP contribution in [0, 0.1) is 5.92 Å². The van der Waals surface area contributed by atoms with Gasteiger partial charge in [-0.15, -0.1) is 0 Å². The Morgan fingerprint density at radius 3 is 2.80 bits per heavy atom. The lowest BCUT2D eigenvalue weighted by Crippen LogP contribution is -2.27. The number of fused-ring (bicyclic) bond motifs is 1. The molecule has 0 fully saturated rings. The molecule has 0 saturated heterocycles. The highest BCUT2D eigenvalue weighted by atomic mass is 35.5. The summed E-state index contributed by atoms with van der Waals surface area (Å²) in [7, 11) is 0. The predicted octanol–water partition coefficient (Wildman–Crippen LogP) is 3.92. The molecule has 0 spiro atoms. The van der Waals surface area contributed by atoms with Gasteiger partial charge in [0.05, 0.1) is 6.42 Å². The van der Waals surface area contributed by atoms with Crippen LogP contribution in [0.4, 0.5) is 5.69 Å². The number of carbonyl (C=O) groups excluding carboxylic acids is 1. The summed E-state index contributed by atoms with van der Waals surface area (Å²) in [6.45, 7) is 7.56. The van der Waals surface area contributed by atoms with E-state index in [1.54, 1.807) is 0 Å². The highest BCUT2D eigenvalue weighted by Crippen LogP contribution is 2.36.